The van der Waals surface area contributed by atoms with E-state index >= 15 is 0 Å². The summed E-state index contributed by atoms with van der Waals surface area (Å²) >= 11 is 0. The van der Waals surface area contributed by atoms with Crippen molar-refractivity contribution in [1.82, 2.24) is 0 Å². The van der Waals surface area contributed by atoms with Gasteiger partial charge in [-0.15, -0.1) is 0 Å². The highest BCUT2D eigenvalue weighted by Crippen LogP contribution is 2.16. The van der Waals surface area contributed by atoms with Crippen LogP contribution in [-0.4, -0.2) is 68.2 Å². The van der Waals surface area contributed by atoms with Crippen LogP contribution in [0, 0.1) is 6.92 Å². The van der Waals surface area contributed by atoms with Gasteiger partial charge >= 0.3 is 0 Å². The average Bonchev–Trinajstić information content (AvgIpc) is 2.77. The van der Waals surface area contributed by atoms with Crippen LogP contribution in [0.25, 0.3) is 0 Å². The van der Waals surface area contributed by atoms with Gasteiger partial charge in [0, 0.05) is 12.3 Å². The number of hydrogen-bond acceptors (Lipinski definition) is 7. The number of aryl methyl sites for hydroxylation is 1. The third-order valence-corrected chi connectivity index (χ3v) is 6.16. The molecule has 10 heteroatoms. The van der Waals surface area contributed by atoms with Gasteiger partial charge in [0.05, 0.1) is 30.4 Å². The molecule has 0 heterocycles. The summed E-state index contributed by atoms with van der Waals surface area (Å²) in [5, 5.41) is 12.6. The third-order valence-electron chi connectivity index (χ3n) is 4.29. The molecular weight excluding hydrogens is 478 g/mol. The smallest absolute Gasteiger partial charge is 0.229 e. The molecule has 0 aliphatic heterocycles. The summed E-state index contributed by atoms with van der Waals surface area (Å²) in [5.41, 5.74) is 1.68. The SMILES string of the molecule is CCCOCC(O)COc1ccc(NC(=O)CC[S+](C)C)cc1.Cc1ccc(S(=O)(=O)[O-])cc1. The monoisotopic (exact) mass is 513 g/mol. The Kier molecular flexibility index (Phi) is 13.8. The molecule has 34 heavy (non-hydrogen) atoms. The molecule has 2 aromatic rings. The molecule has 8 nitrogen and oxygen atoms in total. The van der Waals surface area contributed by atoms with Crippen molar-refractivity contribution >= 4 is 32.6 Å². The predicted octanol–water partition coefficient (Wildman–Crippen LogP) is 2.96. The van der Waals surface area contributed by atoms with Crippen LogP contribution >= 0.6 is 0 Å². The number of anilines is 1. The minimum Gasteiger partial charge on any atom is -0.744 e. The van der Waals surface area contributed by atoms with Gasteiger partial charge < -0.3 is 24.4 Å². The van der Waals surface area contributed by atoms with Crippen LogP contribution in [0.15, 0.2) is 53.4 Å². The number of carbonyl (C=O) groups excluding carboxylic acids is 1. The van der Waals surface area contributed by atoms with Gasteiger partial charge in [-0.05, 0) is 60.6 Å². The van der Waals surface area contributed by atoms with Gasteiger partial charge in [-0.25, -0.2) is 8.42 Å². The van der Waals surface area contributed by atoms with E-state index in [9.17, 15) is 22.9 Å². The Morgan fingerprint density at radius 1 is 1.09 bits per heavy atom. The molecule has 0 aromatic heterocycles. The Balaban J connectivity index is 0.000000437. The van der Waals surface area contributed by atoms with Crippen LogP contribution in [0.4, 0.5) is 5.69 Å². The van der Waals surface area contributed by atoms with Gasteiger partial charge in [-0.1, -0.05) is 24.6 Å². The Morgan fingerprint density at radius 2 is 1.71 bits per heavy atom. The standard InChI is InChI=1S/C17H27NO4S.C7H8O3S/c1-4-10-21-12-15(19)13-22-16-7-5-14(6-8-16)18-17(20)9-11-23(2)3;1-6-2-4-7(5-3-6)11(8,9)10/h5-8,15,19H,4,9-13H2,1-3H3;2-5H,1H3,(H,8,9,10). The summed E-state index contributed by atoms with van der Waals surface area (Å²) in [4.78, 5) is 11.6. The van der Waals surface area contributed by atoms with Crippen LogP contribution in [0.3, 0.4) is 0 Å². The van der Waals surface area contributed by atoms with Crippen molar-refractivity contribution in [3.63, 3.8) is 0 Å². The van der Waals surface area contributed by atoms with E-state index in [1.807, 2.05) is 13.8 Å². The van der Waals surface area contributed by atoms with Crippen molar-refractivity contribution < 1.29 is 32.3 Å². The molecule has 0 fully saturated rings. The van der Waals surface area contributed by atoms with E-state index in [4.69, 9.17) is 9.47 Å². The molecule has 0 aliphatic carbocycles. The quantitative estimate of drug-likeness (QED) is 0.254. The van der Waals surface area contributed by atoms with Crippen LogP contribution < -0.4 is 10.1 Å². The van der Waals surface area contributed by atoms with Crippen molar-refractivity contribution in [2.75, 3.05) is 43.4 Å². The fourth-order valence-corrected chi connectivity index (χ4v) is 3.53. The van der Waals surface area contributed by atoms with Crippen molar-refractivity contribution in [2.24, 2.45) is 0 Å². The molecule has 0 radical (unpaired) electrons. The normalized spacial score (nSPS) is 12.0. The summed E-state index contributed by atoms with van der Waals surface area (Å²) in [7, 11) is -3.99. The van der Waals surface area contributed by atoms with Crippen molar-refractivity contribution in [3.8, 4) is 5.75 Å². The number of aliphatic hydroxyl groups excluding tert-OH is 1. The Bertz CT molecular complexity index is 946. The second kappa shape index (κ2) is 15.7. The van der Waals surface area contributed by atoms with Gasteiger partial charge in [0.1, 0.15) is 34.3 Å². The van der Waals surface area contributed by atoms with E-state index in [-0.39, 0.29) is 34.9 Å². The van der Waals surface area contributed by atoms with Crippen LogP contribution in [-0.2, 0) is 30.5 Å². The molecule has 190 valence electrons. The zero-order chi connectivity index (χ0) is 25.6. The number of ether oxygens (including phenoxy) is 2. The third kappa shape index (κ3) is 13.6. The fourth-order valence-electron chi connectivity index (χ4n) is 2.46. The van der Waals surface area contributed by atoms with Crippen LogP contribution in [0.1, 0.15) is 25.3 Å². The van der Waals surface area contributed by atoms with Crippen molar-refractivity contribution in [1.29, 1.82) is 0 Å². The van der Waals surface area contributed by atoms with Gasteiger partial charge in [0.15, 0.2) is 0 Å². The lowest BCUT2D eigenvalue weighted by Gasteiger charge is -2.13. The van der Waals surface area contributed by atoms with Crippen LogP contribution in [0.5, 0.6) is 5.75 Å². The number of nitrogens with one attached hydrogen (secondary N) is 1. The topological polar surface area (TPSA) is 125 Å². The minimum absolute atomic E-state index is 0.0309. The number of amides is 1. The zero-order valence-corrected chi connectivity index (χ0v) is 21.8. The van der Waals surface area contributed by atoms with Crippen molar-refractivity contribution in [2.45, 2.75) is 37.7 Å². The van der Waals surface area contributed by atoms with E-state index in [0.29, 0.717) is 18.8 Å². The summed E-state index contributed by atoms with van der Waals surface area (Å²) in [6, 6.07) is 12.9. The number of carbonyl (C=O) groups is 1. The molecule has 2 aromatic carbocycles. The van der Waals surface area contributed by atoms with Crippen molar-refractivity contribution in [3.05, 3.63) is 54.1 Å². The van der Waals surface area contributed by atoms with E-state index in [2.05, 4.69) is 17.8 Å². The molecule has 2 rings (SSSR count). The van der Waals surface area contributed by atoms with Crippen LogP contribution in [0.2, 0.25) is 0 Å². The number of hydrogen-bond donors (Lipinski definition) is 2. The predicted molar refractivity (Wildman–Crippen MR) is 136 cm³/mol. The first-order valence-electron chi connectivity index (χ1n) is 10.9. The highest BCUT2D eigenvalue weighted by Gasteiger charge is 2.09. The number of rotatable bonds is 12. The molecule has 0 aliphatic rings. The van der Waals surface area contributed by atoms with E-state index < -0.39 is 16.2 Å². The molecule has 0 spiro atoms. The Labute approximate surface area is 205 Å². The van der Waals surface area contributed by atoms with E-state index in [0.717, 1.165) is 23.4 Å². The fraction of sp³-hybridized carbons (Fsp3) is 0.458. The maximum Gasteiger partial charge on any atom is 0.229 e. The summed E-state index contributed by atoms with van der Waals surface area (Å²) in [5.74, 6) is 1.59. The molecule has 0 bridgehead atoms. The Morgan fingerprint density at radius 3 is 2.24 bits per heavy atom. The van der Waals surface area contributed by atoms with E-state index in [1.54, 1.807) is 36.4 Å². The lowest BCUT2D eigenvalue weighted by Crippen LogP contribution is -2.23. The lowest BCUT2D eigenvalue weighted by atomic mass is 10.2. The maximum atomic E-state index is 11.8. The molecule has 0 saturated heterocycles. The lowest BCUT2D eigenvalue weighted by molar-refractivity contribution is -0.115. The summed E-state index contributed by atoms with van der Waals surface area (Å²) in [6.45, 7) is 4.94. The average molecular weight is 514 g/mol. The van der Waals surface area contributed by atoms with Gasteiger partial charge in [-0.3, -0.25) is 4.79 Å². The molecule has 1 atom stereocenters. The zero-order valence-electron chi connectivity index (χ0n) is 20.2. The van der Waals surface area contributed by atoms with Gasteiger partial charge in [0.25, 0.3) is 0 Å². The number of benzene rings is 2. The minimum atomic E-state index is -4.27. The largest absolute Gasteiger partial charge is 0.744 e. The molecule has 1 unspecified atom stereocenters. The molecular formula is C24H35NO7S2. The van der Waals surface area contributed by atoms with E-state index in [1.165, 1.54) is 12.1 Å². The van der Waals surface area contributed by atoms with Gasteiger partial charge in [-0.2, -0.15) is 0 Å². The second-order valence-electron chi connectivity index (χ2n) is 7.82. The molecule has 0 saturated carbocycles. The maximum absolute atomic E-state index is 11.8. The van der Waals surface area contributed by atoms with Gasteiger partial charge in [0.2, 0.25) is 5.91 Å². The Hall–Kier alpha value is -2.11. The summed E-state index contributed by atoms with van der Waals surface area (Å²) in [6.07, 6.45) is 5.08. The number of aliphatic hydroxyl groups is 1. The second-order valence-corrected chi connectivity index (χ2v) is 11.6. The first kappa shape index (κ1) is 29.9. The first-order valence-corrected chi connectivity index (χ1v) is 14.5. The first-order chi connectivity index (χ1) is 16.0. The highest BCUT2D eigenvalue weighted by atomic mass is 32.2. The molecule has 1 amide bonds. The highest BCUT2D eigenvalue weighted by molar-refractivity contribution is 7.95. The molecule has 2 N–H and O–H groups in total. The summed E-state index contributed by atoms with van der Waals surface area (Å²) < 4.78 is 41.9.